The summed E-state index contributed by atoms with van der Waals surface area (Å²) in [6, 6.07) is 5.96. The van der Waals surface area contributed by atoms with E-state index < -0.39 is 0 Å². The summed E-state index contributed by atoms with van der Waals surface area (Å²) in [4.78, 5) is 29.4. The standard InChI is InChI=1S/C18H23N5O/c1-13-20-15-6-5-14(12-16(15)21-13)18(24)23-10-8-22(9-11-23)17-4-2-3-7-19-17/h2-4,7,14H,5-6,8-12H2,1H3,(H,20,21)/t14-/m1/s1. The van der Waals surface area contributed by atoms with E-state index in [0.717, 1.165) is 68.5 Å². The molecule has 2 aromatic heterocycles. The number of carbonyl (C=O) groups is 1. The molecular formula is C18H23N5O. The van der Waals surface area contributed by atoms with Gasteiger partial charge in [0.05, 0.1) is 5.69 Å². The highest BCUT2D eigenvalue weighted by Crippen LogP contribution is 2.26. The van der Waals surface area contributed by atoms with Gasteiger partial charge in [-0.25, -0.2) is 9.97 Å². The van der Waals surface area contributed by atoms with Gasteiger partial charge in [-0.2, -0.15) is 0 Å². The number of H-pyrrole nitrogens is 1. The number of aromatic amines is 1. The summed E-state index contributed by atoms with van der Waals surface area (Å²) in [6.45, 7) is 5.24. The number of imidazole rings is 1. The number of amides is 1. The highest BCUT2D eigenvalue weighted by Gasteiger charge is 2.31. The maximum Gasteiger partial charge on any atom is 0.226 e. The van der Waals surface area contributed by atoms with Crippen LogP contribution in [-0.2, 0) is 17.6 Å². The molecule has 6 heteroatoms. The van der Waals surface area contributed by atoms with Crippen LogP contribution < -0.4 is 4.90 Å². The summed E-state index contributed by atoms with van der Waals surface area (Å²) in [5.74, 6) is 2.35. The molecule has 0 bridgehead atoms. The molecule has 3 heterocycles. The van der Waals surface area contributed by atoms with Gasteiger partial charge in [0.25, 0.3) is 0 Å². The number of anilines is 1. The molecule has 0 radical (unpaired) electrons. The average molecular weight is 325 g/mol. The second-order valence-electron chi connectivity index (χ2n) is 6.69. The van der Waals surface area contributed by atoms with Crippen molar-refractivity contribution in [1.29, 1.82) is 0 Å². The lowest BCUT2D eigenvalue weighted by Crippen LogP contribution is -2.51. The third kappa shape index (κ3) is 2.88. The number of fused-ring (bicyclic) bond motifs is 1. The third-order valence-electron chi connectivity index (χ3n) is 5.08. The Hall–Kier alpha value is -2.37. The molecule has 4 rings (SSSR count). The minimum atomic E-state index is 0.0961. The smallest absolute Gasteiger partial charge is 0.226 e. The van der Waals surface area contributed by atoms with Gasteiger partial charge < -0.3 is 14.8 Å². The van der Waals surface area contributed by atoms with Crippen molar-refractivity contribution in [3.63, 3.8) is 0 Å². The molecule has 0 unspecified atom stereocenters. The fourth-order valence-corrected chi connectivity index (χ4v) is 3.79. The van der Waals surface area contributed by atoms with E-state index in [2.05, 4.69) is 19.9 Å². The van der Waals surface area contributed by atoms with Crippen molar-refractivity contribution in [2.45, 2.75) is 26.2 Å². The van der Waals surface area contributed by atoms with E-state index in [1.807, 2.05) is 36.2 Å². The molecule has 2 aromatic rings. The maximum atomic E-state index is 12.9. The van der Waals surface area contributed by atoms with Crippen molar-refractivity contribution in [2.75, 3.05) is 31.1 Å². The number of carbonyl (C=O) groups excluding carboxylic acids is 1. The van der Waals surface area contributed by atoms with Crippen molar-refractivity contribution in [3.05, 3.63) is 41.6 Å². The Bertz CT molecular complexity index is 718. The van der Waals surface area contributed by atoms with Crippen LogP contribution in [0.3, 0.4) is 0 Å². The van der Waals surface area contributed by atoms with E-state index in [4.69, 9.17) is 0 Å². The number of aryl methyl sites for hydroxylation is 2. The quantitative estimate of drug-likeness (QED) is 0.910. The Labute approximate surface area is 141 Å². The lowest BCUT2D eigenvalue weighted by molar-refractivity contribution is -0.136. The number of nitrogens with zero attached hydrogens (tertiary/aromatic N) is 4. The van der Waals surface area contributed by atoms with E-state index in [-0.39, 0.29) is 5.92 Å². The predicted molar refractivity (Wildman–Crippen MR) is 91.9 cm³/mol. The Kier molecular flexibility index (Phi) is 3.96. The number of pyridine rings is 1. The molecule has 1 aliphatic carbocycles. The fraction of sp³-hybridized carbons (Fsp3) is 0.500. The van der Waals surface area contributed by atoms with Crippen molar-refractivity contribution in [3.8, 4) is 0 Å². The first-order chi connectivity index (χ1) is 11.7. The summed E-state index contributed by atoms with van der Waals surface area (Å²) in [6.07, 6.45) is 4.44. The maximum absolute atomic E-state index is 12.9. The fourth-order valence-electron chi connectivity index (χ4n) is 3.79. The lowest BCUT2D eigenvalue weighted by Gasteiger charge is -2.37. The minimum absolute atomic E-state index is 0.0961. The van der Waals surface area contributed by atoms with Gasteiger partial charge in [0, 0.05) is 50.4 Å². The van der Waals surface area contributed by atoms with Crippen LogP contribution in [0.1, 0.15) is 23.6 Å². The van der Waals surface area contributed by atoms with E-state index in [1.54, 1.807) is 0 Å². The summed E-state index contributed by atoms with van der Waals surface area (Å²) < 4.78 is 0. The van der Waals surface area contributed by atoms with Gasteiger partial charge in [-0.1, -0.05) is 6.07 Å². The number of piperazine rings is 1. The van der Waals surface area contributed by atoms with Gasteiger partial charge >= 0.3 is 0 Å². The molecule has 0 saturated carbocycles. The first-order valence-corrected chi connectivity index (χ1v) is 8.70. The number of rotatable bonds is 2. The van der Waals surface area contributed by atoms with Crippen LogP contribution in [-0.4, -0.2) is 51.9 Å². The zero-order valence-electron chi connectivity index (χ0n) is 14.0. The minimum Gasteiger partial charge on any atom is -0.353 e. The number of aromatic nitrogens is 3. The molecule has 1 amide bonds. The van der Waals surface area contributed by atoms with Crippen molar-refractivity contribution >= 4 is 11.7 Å². The monoisotopic (exact) mass is 325 g/mol. The summed E-state index contributed by atoms with van der Waals surface area (Å²) in [7, 11) is 0. The molecule has 24 heavy (non-hydrogen) atoms. The van der Waals surface area contributed by atoms with E-state index in [1.165, 1.54) is 0 Å². The first kappa shape index (κ1) is 15.2. The lowest BCUT2D eigenvalue weighted by atomic mass is 9.88. The highest BCUT2D eigenvalue weighted by atomic mass is 16.2. The molecule has 6 nitrogen and oxygen atoms in total. The molecule has 1 aliphatic heterocycles. The molecular weight excluding hydrogens is 302 g/mol. The van der Waals surface area contributed by atoms with Crippen molar-refractivity contribution < 1.29 is 4.79 Å². The van der Waals surface area contributed by atoms with Crippen molar-refractivity contribution in [1.82, 2.24) is 19.9 Å². The second kappa shape index (κ2) is 6.26. The van der Waals surface area contributed by atoms with Crippen LogP contribution in [0, 0.1) is 12.8 Å². The average Bonchev–Trinajstić information content (AvgIpc) is 3.01. The van der Waals surface area contributed by atoms with E-state index in [9.17, 15) is 4.79 Å². The summed E-state index contributed by atoms with van der Waals surface area (Å²) >= 11 is 0. The van der Waals surface area contributed by atoms with Crippen LogP contribution in [0.15, 0.2) is 24.4 Å². The van der Waals surface area contributed by atoms with Crippen LogP contribution >= 0.6 is 0 Å². The molecule has 126 valence electrons. The first-order valence-electron chi connectivity index (χ1n) is 8.70. The summed E-state index contributed by atoms with van der Waals surface area (Å²) in [5, 5.41) is 0. The third-order valence-corrected chi connectivity index (χ3v) is 5.08. The van der Waals surface area contributed by atoms with E-state index >= 15 is 0 Å². The topological polar surface area (TPSA) is 65.1 Å². The molecule has 0 aromatic carbocycles. The number of nitrogens with one attached hydrogen (secondary N) is 1. The van der Waals surface area contributed by atoms with Gasteiger partial charge in [-0.05, 0) is 31.9 Å². The van der Waals surface area contributed by atoms with Crippen molar-refractivity contribution in [2.24, 2.45) is 5.92 Å². The van der Waals surface area contributed by atoms with Gasteiger partial charge in [-0.3, -0.25) is 4.79 Å². The number of hydrogen-bond donors (Lipinski definition) is 1. The van der Waals surface area contributed by atoms with E-state index in [0.29, 0.717) is 5.91 Å². The van der Waals surface area contributed by atoms with Crippen LogP contribution in [0.25, 0.3) is 0 Å². The molecule has 0 spiro atoms. The Morgan fingerprint density at radius 3 is 2.83 bits per heavy atom. The van der Waals surface area contributed by atoms with Crippen LogP contribution in [0.5, 0.6) is 0 Å². The largest absolute Gasteiger partial charge is 0.353 e. The molecule has 2 aliphatic rings. The molecule has 1 saturated heterocycles. The summed E-state index contributed by atoms with van der Waals surface area (Å²) in [5.41, 5.74) is 2.31. The molecule has 1 N–H and O–H groups in total. The van der Waals surface area contributed by atoms with Crippen LogP contribution in [0.4, 0.5) is 5.82 Å². The predicted octanol–water partition coefficient (Wildman–Crippen LogP) is 1.57. The van der Waals surface area contributed by atoms with Crippen LogP contribution in [0.2, 0.25) is 0 Å². The zero-order chi connectivity index (χ0) is 16.5. The normalized spacial score (nSPS) is 20.8. The molecule has 1 fully saturated rings. The highest BCUT2D eigenvalue weighted by molar-refractivity contribution is 5.79. The Balaban J connectivity index is 1.37. The second-order valence-corrected chi connectivity index (χ2v) is 6.69. The van der Waals surface area contributed by atoms with Gasteiger partial charge in [-0.15, -0.1) is 0 Å². The van der Waals surface area contributed by atoms with Gasteiger partial charge in [0.15, 0.2) is 0 Å². The number of hydrogen-bond acceptors (Lipinski definition) is 4. The SMILES string of the molecule is Cc1nc2c([nH]1)C[C@H](C(=O)N1CCN(c3ccccn3)CC1)CC2. The van der Waals surface area contributed by atoms with Gasteiger partial charge in [0.1, 0.15) is 11.6 Å². The Morgan fingerprint density at radius 1 is 1.25 bits per heavy atom. The molecule has 1 atom stereocenters. The van der Waals surface area contributed by atoms with Gasteiger partial charge in [0.2, 0.25) is 5.91 Å². The zero-order valence-corrected chi connectivity index (χ0v) is 14.0. The Morgan fingerprint density at radius 2 is 2.08 bits per heavy atom.